The zero-order valence-corrected chi connectivity index (χ0v) is 20.3. The fraction of sp³-hybridized carbons (Fsp3) is 0.409. The molecule has 0 aliphatic heterocycles. The van der Waals surface area contributed by atoms with Crippen LogP contribution in [0.2, 0.25) is 0 Å². The Morgan fingerprint density at radius 1 is 1.18 bits per heavy atom. The first-order valence-corrected chi connectivity index (χ1v) is 12.0. The van der Waals surface area contributed by atoms with Gasteiger partial charge in [0.1, 0.15) is 5.82 Å². The van der Waals surface area contributed by atoms with Gasteiger partial charge in [-0.3, -0.25) is 4.79 Å². The lowest BCUT2D eigenvalue weighted by molar-refractivity contribution is -0.139. The molecule has 0 bridgehead atoms. The van der Waals surface area contributed by atoms with Crippen LogP contribution in [0.25, 0.3) is 17.3 Å². The molecule has 0 radical (unpaired) electrons. The first-order valence-electron chi connectivity index (χ1n) is 10.2. The number of hydrogen-bond donors (Lipinski definition) is 4. The Labute approximate surface area is 198 Å². The summed E-state index contributed by atoms with van der Waals surface area (Å²) in [5.41, 5.74) is 1.80. The topological polar surface area (TPSA) is 176 Å². The summed E-state index contributed by atoms with van der Waals surface area (Å²) in [5.74, 6) is -1.87. The van der Waals surface area contributed by atoms with Gasteiger partial charge in [0.05, 0.1) is 36.3 Å². The molecule has 0 fully saturated rings. The summed E-state index contributed by atoms with van der Waals surface area (Å²) in [6.45, 7) is 3.71. The summed E-state index contributed by atoms with van der Waals surface area (Å²) in [5, 5.41) is 28.8. The number of nitrogens with zero attached hydrogens (tertiary/aromatic N) is 3. The maximum absolute atomic E-state index is 13.5. The highest BCUT2D eigenvalue weighted by atomic mass is 32.2. The Morgan fingerprint density at radius 3 is 2.26 bits per heavy atom. The molecule has 0 aliphatic rings. The van der Waals surface area contributed by atoms with Gasteiger partial charge in [-0.15, -0.1) is 0 Å². The molecule has 0 saturated carbocycles. The van der Waals surface area contributed by atoms with Crippen molar-refractivity contribution in [2.24, 2.45) is 0 Å². The quantitative estimate of drug-likeness (QED) is 0.383. The highest BCUT2D eigenvalue weighted by Crippen LogP contribution is 2.31. The van der Waals surface area contributed by atoms with E-state index < -0.39 is 40.4 Å². The number of aliphatic hydroxyl groups is 2. The number of halogens is 1. The van der Waals surface area contributed by atoms with Crippen molar-refractivity contribution in [3.63, 3.8) is 0 Å². The summed E-state index contributed by atoms with van der Waals surface area (Å²) in [7, 11) is -2.33. The minimum absolute atomic E-state index is 0. The third-order valence-corrected chi connectivity index (χ3v) is 5.97. The van der Waals surface area contributed by atoms with Gasteiger partial charge in [-0.2, -0.15) is 0 Å². The minimum Gasteiger partial charge on any atom is -0.481 e. The smallest absolute Gasteiger partial charge is 0.305 e. The van der Waals surface area contributed by atoms with Gasteiger partial charge >= 0.3 is 5.97 Å². The number of rotatable bonds is 10. The monoisotopic (exact) mass is 498 g/mol. The fourth-order valence-electron chi connectivity index (χ4n) is 3.05. The molecular weight excluding hydrogens is 467 g/mol. The van der Waals surface area contributed by atoms with Crippen LogP contribution in [-0.2, 0) is 14.8 Å². The van der Waals surface area contributed by atoms with Gasteiger partial charge in [0.15, 0.2) is 0 Å². The van der Waals surface area contributed by atoms with E-state index in [1.807, 2.05) is 13.8 Å². The Bertz CT molecular complexity index is 1120. The van der Waals surface area contributed by atoms with Crippen molar-refractivity contribution in [1.82, 2.24) is 16.1 Å². The molecule has 188 valence electrons. The molecule has 2 aromatic rings. The summed E-state index contributed by atoms with van der Waals surface area (Å²) in [6.07, 6.45) is 0.860. The van der Waals surface area contributed by atoms with Crippen molar-refractivity contribution in [2.45, 2.75) is 44.8 Å². The van der Waals surface area contributed by atoms with Crippen LogP contribution in [0.1, 0.15) is 43.9 Å². The zero-order valence-electron chi connectivity index (χ0n) is 19.5. The van der Waals surface area contributed by atoms with E-state index in [2.05, 4.69) is 9.97 Å². The molecule has 2 atom stereocenters. The van der Waals surface area contributed by atoms with Crippen LogP contribution in [0.4, 0.5) is 10.3 Å². The number of aromatic nitrogens is 2. The predicted octanol–water partition coefficient (Wildman–Crippen LogP) is 2.56. The molecule has 1 aromatic heterocycles. The number of carbonyl (C=O) groups is 1. The second kappa shape index (κ2) is 12.0. The van der Waals surface area contributed by atoms with Crippen LogP contribution in [-0.4, -0.2) is 65.2 Å². The molecule has 6 N–H and O–H groups in total. The van der Waals surface area contributed by atoms with E-state index in [9.17, 15) is 27.8 Å². The van der Waals surface area contributed by atoms with E-state index in [0.717, 1.165) is 10.6 Å². The molecule has 2 rings (SSSR count). The molecule has 0 amide bonds. The first kappa shape index (κ1) is 29.1. The summed E-state index contributed by atoms with van der Waals surface area (Å²) in [4.78, 5) is 19.6. The molecule has 0 saturated heterocycles. The van der Waals surface area contributed by atoms with Gasteiger partial charge in [-0.1, -0.05) is 26.0 Å². The molecule has 10 nitrogen and oxygen atoms in total. The molecule has 0 aliphatic carbocycles. The lowest BCUT2D eigenvalue weighted by Crippen LogP contribution is -2.27. The van der Waals surface area contributed by atoms with Crippen LogP contribution in [0.15, 0.2) is 30.3 Å². The van der Waals surface area contributed by atoms with Crippen molar-refractivity contribution in [1.29, 1.82) is 0 Å². The van der Waals surface area contributed by atoms with Crippen LogP contribution in [0.3, 0.4) is 0 Å². The van der Waals surface area contributed by atoms with E-state index in [1.165, 1.54) is 43.5 Å². The summed E-state index contributed by atoms with van der Waals surface area (Å²) >= 11 is 0. The molecule has 1 heterocycles. The second-order valence-corrected chi connectivity index (χ2v) is 9.99. The Morgan fingerprint density at radius 2 is 1.76 bits per heavy atom. The normalized spacial score (nSPS) is 13.5. The van der Waals surface area contributed by atoms with E-state index in [0.29, 0.717) is 22.5 Å². The van der Waals surface area contributed by atoms with Gasteiger partial charge < -0.3 is 21.5 Å². The Kier molecular flexibility index (Phi) is 10.2. The molecular formula is C22H31FN4O6S. The number of carboxylic acid groups (broad SMARTS) is 1. The lowest BCUT2D eigenvalue weighted by Gasteiger charge is -2.20. The van der Waals surface area contributed by atoms with Gasteiger partial charge in [0.2, 0.25) is 16.0 Å². The van der Waals surface area contributed by atoms with Gasteiger partial charge in [-0.25, -0.2) is 27.1 Å². The maximum Gasteiger partial charge on any atom is 0.305 e. The lowest BCUT2D eigenvalue weighted by atomic mass is 9.97. The van der Waals surface area contributed by atoms with Crippen LogP contribution >= 0.6 is 0 Å². The highest BCUT2D eigenvalue weighted by molar-refractivity contribution is 7.92. The second-order valence-electron chi connectivity index (χ2n) is 7.98. The molecule has 1 aromatic carbocycles. The van der Waals surface area contributed by atoms with Crippen molar-refractivity contribution < 1.29 is 32.9 Å². The average Bonchev–Trinajstić information content (AvgIpc) is 2.70. The summed E-state index contributed by atoms with van der Waals surface area (Å²) < 4.78 is 38.6. The van der Waals surface area contributed by atoms with Gasteiger partial charge in [0.25, 0.3) is 0 Å². The fourth-order valence-corrected chi connectivity index (χ4v) is 3.42. The standard InChI is InChI=1S/C22H28FN3O6S.H3N/c1-13(2)20-18(10-9-16(27)11-17(28)12-19(29)30)21(14-5-7-15(23)8-6-14)25-22(24-20)26(3)33(4,31)32;/h5-10,13,16-17,27-28H,11-12H2,1-4H3,(H,29,30);1H3/t16-,17-;/m1./s1. The average molecular weight is 499 g/mol. The van der Waals surface area contributed by atoms with Crippen molar-refractivity contribution in [3.8, 4) is 11.3 Å². The Hall–Kier alpha value is -2.93. The molecule has 12 heteroatoms. The molecule has 0 spiro atoms. The number of anilines is 1. The number of benzene rings is 1. The number of aliphatic hydroxyl groups excluding tert-OH is 2. The van der Waals surface area contributed by atoms with Crippen molar-refractivity contribution >= 4 is 28.0 Å². The number of sulfonamides is 1. The van der Waals surface area contributed by atoms with Crippen molar-refractivity contribution in [3.05, 3.63) is 47.4 Å². The summed E-state index contributed by atoms with van der Waals surface area (Å²) in [6, 6.07) is 5.49. The zero-order chi connectivity index (χ0) is 24.9. The van der Waals surface area contributed by atoms with E-state index in [-0.39, 0.29) is 24.4 Å². The largest absolute Gasteiger partial charge is 0.481 e. The van der Waals surface area contributed by atoms with Crippen LogP contribution in [0, 0.1) is 5.82 Å². The van der Waals surface area contributed by atoms with Gasteiger partial charge in [0, 0.05) is 24.6 Å². The molecule has 34 heavy (non-hydrogen) atoms. The Balaban J connectivity index is 0.00000578. The SMILES string of the molecule is CC(C)c1nc(N(C)S(C)(=O)=O)nc(-c2ccc(F)cc2)c1C=C[C@@H](O)C[C@@H](O)CC(=O)O.N. The molecule has 0 unspecified atom stereocenters. The number of aliphatic carboxylic acids is 1. The first-order chi connectivity index (χ1) is 15.3. The number of carboxylic acids is 1. The number of hydrogen-bond acceptors (Lipinski definition) is 8. The van der Waals surface area contributed by atoms with E-state index >= 15 is 0 Å². The third-order valence-electron chi connectivity index (χ3n) is 4.82. The van der Waals surface area contributed by atoms with Crippen LogP contribution in [0.5, 0.6) is 0 Å². The third kappa shape index (κ3) is 7.83. The predicted molar refractivity (Wildman–Crippen MR) is 128 cm³/mol. The maximum atomic E-state index is 13.5. The minimum atomic E-state index is -3.65. The van der Waals surface area contributed by atoms with Gasteiger partial charge in [-0.05, 0) is 30.2 Å². The van der Waals surface area contributed by atoms with Crippen LogP contribution < -0.4 is 10.5 Å². The van der Waals surface area contributed by atoms with E-state index in [1.54, 1.807) is 0 Å². The highest BCUT2D eigenvalue weighted by Gasteiger charge is 2.22. The van der Waals surface area contributed by atoms with Crippen molar-refractivity contribution in [2.75, 3.05) is 17.6 Å². The van der Waals surface area contributed by atoms with E-state index in [4.69, 9.17) is 5.11 Å².